The van der Waals surface area contributed by atoms with Crippen LogP contribution in [0.4, 0.5) is 0 Å². The highest BCUT2D eigenvalue weighted by atomic mass is 35.5. The highest BCUT2D eigenvalue weighted by Gasteiger charge is 2.15. The molecule has 1 aliphatic heterocycles. The normalized spacial score (nSPS) is 16.1. The Hall–Kier alpha value is -0.440. The molecule has 15 heavy (non-hydrogen) atoms. The molecule has 1 aromatic rings. The molecule has 4 heteroatoms. The van der Waals surface area contributed by atoms with Gasteiger partial charge in [-0.05, 0) is 37.6 Å². The summed E-state index contributed by atoms with van der Waals surface area (Å²) < 4.78 is 5.58. The number of rotatable bonds is 4. The van der Waals surface area contributed by atoms with E-state index in [4.69, 9.17) is 27.9 Å². The predicted octanol–water partition coefficient (Wildman–Crippen LogP) is 2.98. The number of hydrogen-bond acceptors (Lipinski definition) is 2. The first kappa shape index (κ1) is 11.1. The van der Waals surface area contributed by atoms with Gasteiger partial charge in [-0.15, -0.1) is 0 Å². The molecule has 1 aliphatic rings. The highest BCUT2D eigenvalue weighted by Crippen LogP contribution is 2.26. The molecule has 2 nitrogen and oxygen atoms in total. The zero-order chi connectivity index (χ0) is 10.7. The lowest BCUT2D eigenvalue weighted by molar-refractivity contribution is 0.238. The van der Waals surface area contributed by atoms with Gasteiger partial charge >= 0.3 is 0 Å². The smallest absolute Gasteiger partial charge is 0.120 e. The fourth-order valence-corrected chi connectivity index (χ4v) is 1.75. The predicted molar refractivity (Wildman–Crippen MR) is 62.9 cm³/mol. The summed E-state index contributed by atoms with van der Waals surface area (Å²) in [6, 6.07) is 5.35. The molecule has 1 aromatic carbocycles. The average Bonchev–Trinajstić information content (AvgIpc) is 2.15. The minimum atomic E-state index is 0.541. The van der Waals surface area contributed by atoms with Crippen molar-refractivity contribution in [1.82, 2.24) is 5.32 Å². The van der Waals surface area contributed by atoms with Crippen molar-refractivity contribution in [1.29, 1.82) is 0 Å². The van der Waals surface area contributed by atoms with Gasteiger partial charge in [0.15, 0.2) is 0 Å². The molecular formula is C11H13Cl2NO. The van der Waals surface area contributed by atoms with E-state index in [9.17, 15) is 0 Å². The van der Waals surface area contributed by atoms with Gasteiger partial charge in [0.2, 0.25) is 0 Å². The summed E-state index contributed by atoms with van der Waals surface area (Å²) in [4.78, 5) is 0. The Morgan fingerprint density at radius 1 is 1.27 bits per heavy atom. The van der Waals surface area contributed by atoms with Crippen LogP contribution in [-0.2, 0) is 0 Å². The van der Waals surface area contributed by atoms with Gasteiger partial charge in [-0.3, -0.25) is 0 Å². The average molecular weight is 246 g/mol. The summed E-state index contributed by atoms with van der Waals surface area (Å²) in [6.07, 6.45) is 1.09. The fourth-order valence-electron chi connectivity index (χ4n) is 1.46. The number of benzene rings is 1. The topological polar surface area (TPSA) is 21.3 Å². The fraction of sp³-hybridized carbons (Fsp3) is 0.455. The highest BCUT2D eigenvalue weighted by molar-refractivity contribution is 6.42. The summed E-state index contributed by atoms with van der Waals surface area (Å²) in [5.74, 6) is 1.56. The van der Waals surface area contributed by atoms with Crippen LogP contribution < -0.4 is 10.1 Å². The summed E-state index contributed by atoms with van der Waals surface area (Å²) in [6.45, 7) is 2.97. The van der Waals surface area contributed by atoms with Crippen molar-refractivity contribution in [3.63, 3.8) is 0 Å². The molecule has 0 spiro atoms. The molecule has 0 radical (unpaired) electrons. The molecular weight excluding hydrogens is 233 g/mol. The molecule has 1 saturated heterocycles. The molecule has 2 rings (SSSR count). The zero-order valence-electron chi connectivity index (χ0n) is 8.30. The maximum Gasteiger partial charge on any atom is 0.120 e. The van der Waals surface area contributed by atoms with Crippen LogP contribution in [0.2, 0.25) is 10.0 Å². The zero-order valence-corrected chi connectivity index (χ0v) is 9.81. The first-order valence-electron chi connectivity index (χ1n) is 5.04. The maximum absolute atomic E-state index is 5.87. The van der Waals surface area contributed by atoms with Crippen molar-refractivity contribution in [3.8, 4) is 5.75 Å². The standard InChI is InChI=1S/C11H13Cl2NO/c12-10-2-1-9(5-11(10)13)15-4-3-8-6-14-7-8/h1-2,5,8,14H,3-4,6-7H2. The van der Waals surface area contributed by atoms with Gasteiger partial charge in [-0.1, -0.05) is 23.2 Å². The molecule has 0 unspecified atom stereocenters. The van der Waals surface area contributed by atoms with E-state index in [2.05, 4.69) is 5.32 Å². The van der Waals surface area contributed by atoms with Crippen molar-refractivity contribution < 1.29 is 4.74 Å². The van der Waals surface area contributed by atoms with E-state index in [1.54, 1.807) is 12.1 Å². The Kier molecular flexibility index (Phi) is 3.73. The molecule has 82 valence electrons. The second kappa shape index (κ2) is 5.06. The largest absolute Gasteiger partial charge is 0.494 e. The second-order valence-electron chi connectivity index (χ2n) is 3.74. The molecule has 0 atom stereocenters. The number of hydrogen-bond donors (Lipinski definition) is 1. The third kappa shape index (κ3) is 3.00. The summed E-state index contributed by atoms with van der Waals surface area (Å²) in [7, 11) is 0. The first-order chi connectivity index (χ1) is 7.25. The molecule has 1 N–H and O–H groups in total. The monoisotopic (exact) mass is 245 g/mol. The Morgan fingerprint density at radius 3 is 2.67 bits per heavy atom. The number of halogens is 2. The molecule has 0 aromatic heterocycles. The van der Waals surface area contributed by atoms with Crippen molar-refractivity contribution in [2.24, 2.45) is 5.92 Å². The van der Waals surface area contributed by atoms with Gasteiger partial charge in [0.25, 0.3) is 0 Å². The van der Waals surface area contributed by atoms with Crippen LogP contribution in [0.5, 0.6) is 5.75 Å². The Labute approximate surface area is 99.5 Å². The summed E-state index contributed by atoms with van der Waals surface area (Å²) >= 11 is 11.7. The molecule has 1 heterocycles. The number of ether oxygens (including phenoxy) is 1. The van der Waals surface area contributed by atoms with Crippen molar-refractivity contribution >= 4 is 23.2 Å². The number of nitrogens with one attached hydrogen (secondary N) is 1. The van der Waals surface area contributed by atoms with Crippen LogP contribution in [0.15, 0.2) is 18.2 Å². The SMILES string of the molecule is Clc1ccc(OCCC2CNC2)cc1Cl. The van der Waals surface area contributed by atoms with Gasteiger partial charge in [-0.25, -0.2) is 0 Å². The maximum atomic E-state index is 5.87. The second-order valence-corrected chi connectivity index (χ2v) is 4.55. The van der Waals surface area contributed by atoms with Gasteiger partial charge in [-0.2, -0.15) is 0 Å². The Balaban J connectivity index is 1.79. The van der Waals surface area contributed by atoms with E-state index in [0.717, 1.165) is 37.8 Å². The molecule has 1 fully saturated rings. The summed E-state index contributed by atoms with van der Waals surface area (Å²) in [5.41, 5.74) is 0. The van der Waals surface area contributed by atoms with Crippen LogP contribution in [-0.4, -0.2) is 19.7 Å². The molecule has 0 saturated carbocycles. The quantitative estimate of drug-likeness (QED) is 0.881. The lowest BCUT2D eigenvalue weighted by Gasteiger charge is -2.26. The summed E-state index contributed by atoms with van der Waals surface area (Å²) in [5, 5.41) is 4.34. The minimum Gasteiger partial charge on any atom is -0.494 e. The van der Waals surface area contributed by atoms with E-state index in [1.165, 1.54) is 0 Å². The van der Waals surface area contributed by atoms with Gasteiger partial charge in [0, 0.05) is 6.07 Å². The van der Waals surface area contributed by atoms with Gasteiger partial charge in [0.1, 0.15) is 5.75 Å². The van der Waals surface area contributed by atoms with Gasteiger partial charge in [0.05, 0.1) is 16.7 Å². The third-order valence-electron chi connectivity index (χ3n) is 2.55. The van der Waals surface area contributed by atoms with E-state index in [-0.39, 0.29) is 0 Å². The van der Waals surface area contributed by atoms with E-state index < -0.39 is 0 Å². The third-order valence-corrected chi connectivity index (χ3v) is 3.29. The van der Waals surface area contributed by atoms with Crippen molar-refractivity contribution in [2.45, 2.75) is 6.42 Å². The van der Waals surface area contributed by atoms with Crippen LogP contribution in [0.25, 0.3) is 0 Å². The lowest BCUT2D eigenvalue weighted by atomic mass is 10.0. The van der Waals surface area contributed by atoms with Crippen LogP contribution in [0, 0.1) is 5.92 Å². The Morgan fingerprint density at radius 2 is 2.07 bits per heavy atom. The molecule has 0 aliphatic carbocycles. The lowest BCUT2D eigenvalue weighted by Crippen LogP contribution is -2.42. The molecule has 0 bridgehead atoms. The van der Waals surface area contributed by atoms with Gasteiger partial charge < -0.3 is 10.1 Å². The molecule has 0 amide bonds. The Bertz CT molecular complexity index is 339. The van der Waals surface area contributed by atoms with Crippen LogP contribution >= 0.6 is 23.2 Å². The first-order valence-corrected chi connectivity index (χ1v) is 5.80. The van der Waals surface area contributed by atoms with E-state index in [1.807, 2.05) is 6.07 Å². The van der Waals surface area contributed by atoms with Crippen LogP contribution in [0.3, 0.4) is 0 Å². The van der Waals surface area contributed by atoms with Crippen molar-refractivity contribution in [2.75, 3.05) is 19.7 Å². The van der Waals surface area contributed by atoms with Crippen LogP contribution in [0.1, 0.15) is 6.42 Å². The minimum absolute atomic E-state index is 0.541. The van der Waals surface area contributed by atoms with E-state index in [0.29, 0.717) is 10.0 Å². The van der Waals surface area contributed by atoms with Crippen molar-refractivity contribution in [3.05, 3.63) is 28.2 Å². The van der Waals surface area contributed by atoms with E-state index >= 15 is 0 Å².